The number of carbonyl (C=O) groups excluding carboxylic acids is 1. The van der Waals surface area contributed by atoms with Crippen LogP contribution in [0.4, 0.5) is 5.13 Å². The number of ketones is 1. The molecule has 2 aromatic rings. The minimum atomic E-state index is 0.293. The summed E-state index contributed by atoms with van der Waals surface area (Å²) >= 11 is 3.41. The molecule has 0 bridgehead atoms. The number of aromatic nitrogens is 1. The summed E-state index contributed by atoms with van der Waals surface area (Å²) in [6.07, 6.45) is 5.13. The van der Waals surface area contributed by atoms with Crippen molar-refractivity contribution in [3.05, 3.63) is 33.0 Å². The number of Topliss-reactive ketones (excluding diaryl/α,β-unsaturated/α-hetero) is 1. The molecule has 5 heteroatoms. The highest BCUT2D eigenvalue weighted by Gasteiger charge is 2.33. The van der Waals surface area contributed by atoms with Crippen LogP contribution in [0.5, 0.6) is 0 Å². The maximum atomic E-state index is 12.0. The third kappa shape index (κ3) is 2.29. The van der Waals surface area contributed by atoms with E-state index < -0.39 is 0 Å². The van der Waals surface area contributed by atoms with Crippen molar-refractivity contribution in [3.8, 4) is 0 Å². The van der Waals surface area contributed by atoms with Crippen LogP contribution in [0, 0.1) is 0 Å². The molecule has 1 fully saturated rings. The molecule has 1 saturated carbocycles. The van der Waals surface area contributed by atoms with E-state index in [4.69, 9.17) is 4.98 Å². The molecule has 0 spiro atoms. The summed E-state index contributed by atoms with van der Waals surface area (Å²) < 4.78 is 0. The summed E-state index contributed by atoms with van der Waals surface area (Å²) in [4.78, 5) is 21.4. The fraction of sp³-hybridized carbons (Fsp3) is 0.467. The lowest BCUT2D eigenvalue weighted by Gasteiger charge is -2.20. The van der Waals surface area contributed by atoms with Crippen molar-refractivity contribution in [3.63, 3.8) is 0 Å². The van der Waals surface area contributed by atoms with Crippen LogP contribution in [0.25, 0.3) is 0 Å². The first-order chi connectivity index (χ1) is 9.81. The Balaban J connectivity index is 1.65. The number of hydrogen-bond acceptors (Lipinski definition) is 5. The van der Waals surface area contributed by atoms with Gasteiger partial charge in [0.25, 0.3) is 0 Å². The summed E-state index contributed by atoms with van der Waals surface area (Å²) in [5.74, 6) is 0.293. The second-order valence-electron chi connectivity index (χ2n) is 5.49. The first kappa shape index (κ1) is 12.5. The number of fused-ring (bicyclic) bond motifs is 1. The van der Waals surface area contributed by atoms with Crippen LogP contribution < -0.4 is 4.90 Å². The highest BCUT2D eigenvalue weighted by atomic mass is 32.1. The number of hydrogen-bond donors (Lipinski definition) is 0. The third-order valence-electron chi connectivity index (χ3n) is 3.90. The van der Waals surface area contributed by atoms with Gasteiger partial charge in [0, 0.05) is 17.3 Å². The van der Waals surface area contributed by atoms with Crippen molar-refractivity contribution in [1.29, 1.82) is 0 Å². The Hall–Kier alpha value is -1.20. The lowest BCUT2D eigenvalue weighted by molar-refractivity contribution is 0.0976. The maximum absolute atomic E-state index is 12.0. The van der Waals surface area contributed by atoms with E-state index >= 15 is 0 Å². The molecular weight excluding hydrogens is 288 g/mol. The van der Waals surface area contributed by atoms with Gasteiger partial charge in [-0.15, -0.1) is 11.3 Å². The number of anilines is 1. The van der Waals surface area contributed by atoms with Crippen LogP contribution in [0.15, 0.2) is 17.5 Å². The van der Waals surface area contributed by atoms with Crippen LogP contribution in [0.3, 0.4) is 0 Å². The largest absolute Gasteiger partial charge is 0.340 e. The Kier molecular flexibility index (Phi) is 3.11. The number of nitrogens with zero attached hydrogens (tertiary/aromatic N) is 2. The summed E-state index contributed by atoms with van der Waals surface area (Å²) in [6, 6.07) is 4.90. The van der Waals surface area contributed by atoms with E-state index in [1.54, 1.807) is 22.7 Å². The van der Waals surface area contributed by atoms with Gasteiger partial charge >= 0.3 is 0 Å². The Morgan fingerprint density at radius 3 is 2.95 bits per heavy atom. The lowest BCUT2D eigenvalue weighted by atomic mass is 10.0. The fourth-order valence-corrected chi connectivity index (χ4v) is 4.54. The summed E-state index contributed by atoms with van der Waals surface area (Å²) in [5.41, 5.74) is 1.04. The van der Waals surface area contributed by atoms with Gasteiger partial charge in [0.2, 0.25) is 0 Å². The van der Waals surface area contributed by atoms with Gasteiger partial charge in [0.15, 0.2) is 10.9 Å². The van der Waals surface area contributed by atoms with E-state index in [9.17, 15) is 4.79 Å². The molecule has 0 aromatic carbocycles. The second kappa shape index (κ2) is 4.97. The van der Waals surface area contributed by atoms with Crippen molar-refractivity contribution in [2.45, 2.75) is 44.7 Å². The molecule has 2 heterocycles. The van der Waals surface area contributed by atoms with Crippen LogP contribution in [-0.4, -0.2) is 16.8 Å². The molecule has 0 amide bonds. The summed E-state index contributed by atoms with van der Waals surface area (Å²) in [7, 11) is 0. The van der Waals surface area contributed by atoms with E-state index in [0.717, 1.165) is 35.1 Å². The van der Waals surface area contributed by atoms with Crippen LogP contribution >= 0.6 is 22.7 Å². The zero-order valence-corrected chi connectivity index (χ0v) is 12.8. The smallest absolute Gasteiger partial charge is 0.186 e. The molecule has 3 nitrogen and oxygen atoms in total. The van der Waals surface area contributed by atoms with Gasteiger partial charge in [0.05, 0.1) is 17.1 Å². The van der Waals surface area contributed by atoms with Crippen LogP contribution in [-0.2, 0) is 13.0 Å². The summed E-state index contributed by atoms with van der Waals surface area (Å²) in [5, 5.41) is 3.18. The van der Waals surface area contributed by atoms with Gasteiger partial charge in [0.1, 0.15) is 0 Å². The predicted octanol–water partition coefficient (Wildman–Crippen LogP) is 3.89. The molecule has 2 aliphatic rings. The van der Waals surface area contributed by atoms with E-state index in [1.165, 1.54) is 17.7 Å². The average molecular weight is 304 g/mol. The van der Waals surface area contributed by atoms with Gasteiger partial charge in [-0.05, 0) is 37.1 Å². The molecule has 2 aromatic heterocycles. The second-order valence-corrected chi connectivity index (χ2v) is 7.50. The van der Waals surface area contributed by atoms with Gasteiger partial charge in [-0.25, -0.2) is 4.98 Å². The first-order valence-electron chi connectivity index (χ1n) is 7.13. The highest BCUT2D eigenvalue weighted by molar-refractivity contribution is 7.17. The van der Waals surface area contributed by atoms with E-state index in [-0.39, 0.29) is 0 Å². The van der Waals surface area contributed by atoms with Gasteiger partial charge in [-0.1, -0.05) is 17.4 Å². The molecule has 0 N–H and O–H groups in total. The zero-order valence-electron chi connectivity index (χ0n) is 11.2. The Morgan fingerprint density at radius 2 is 2.25 bits per heavy atom. The van der Waals surface area contributed by atoms with Crippen LogP contribution in [0.1, 0.15) is 45.9 Å². The SMILES string of the molecule is O=C1CCCc2nc(N(Cc3cccs3)C3CC3)sc21. The van der Waals surface area contributed by atoms with Crippen molar-refractivity contribution < 1.29 is 4.79 Å². The molecule has 104 valence electrons. The first-order valence-corrected chi connectivity index (χ1v) is 8.83. The van der Waals surface area contributed by atoms with E-state index in [0.29, 0.717) is 18.2 Å². The van der Waals surface area contributed by atoms with Crippen molar-refractivity contribution >= 4 is 33.6 Å². The Bertz CT molecular complexity index is 628. The monoisotopic (exact) mass is 304 g/mol. The number of carbonyl (C=O) groups is 1. The molecular formula is C15H16N2OS2. The number of thiophene rings is 1. The highest BCUT2D eigenvalue weighted by Crippen LogP contribution is 2.38. The zero-order chi connectivity index (χ0) is 13.5. The molecule has 20 heavy (non-hydrogen) atoms. The lowest BCUT2D eigenvalue weighted by Crippen LogP contribution is -2.24. The minimum absolute atomic E-state index is 0.293. The molecule has 0 aliphatic heterocycles. The standard InChI is InChI=1S/C15H16N2OS2/c18-13-5-1-4-12-14(13)20-15(16-12)17(10-6-7-10)9-11-3-2-8-19-11/h2-3,8,10H,1,4-7,9H2. The molecule has 0 radical (unpaired) electrons. The van der Waals surface area contributed by atoms with E-state index in [2.05, 4.69) is 22.4 Å². The fourth-order valence-electron chi connectivity index (χ4n) is 2.69. The molecule has 4 rings (SSSR count). The minimum Gasteiger partial charge on any atom is -0.340 e. The quantitative estimate of drug-likeness (QED) is 0.859. The normalized spacial score (nSPS) is 18.1. The Morgan fingerprint density at radius 1 is 1.35 bits per heavy atom. The summed E-state index contributed by atoms with van der Waals surface area (Å²) in [6.45, 7) is 0.933. The Labute approximate surface area is 126 Å². The molecule has 0 unspecified atom stereocenters. The number of thiazole rings is 1. The topological polar surface area (TPSA) is 33.2 Å². The van der Waals surface area contributed by atoms with Gasteiger partial charge in [-0.3, -0.25) is 4.79 Å². The number of rotatable bonds is 4. The van der Waals surface area contributed by atoms with Crippen molar-refractivity contribution in [1.82, 2.24) is 4.98 Å². The molecule has 0 saturated heterocycles. The predicted molar refractivity (Wildman–Crippen MR) is 82.9 cm³/mol. The molecule has 2 aliphatic carbocycles. The van der Waals surface area contributed by atoms with E-state index in [1.807, 2.05) is 0 Å². The van der Waals surface area contributed by atoms with Crippen molar-refractivity contribution in [2.75, 3.05) is 4.90 Å². The average Bonchev–Trinajstić information content (AvgIpc) is 2.99. The van der Waals surface area contributed by atoms with Gasteiger partial charge < -0.3 is 4.90 Å². The maximum Gasteiger partial charge on any atom is 0.186 e. The third-order valence-corrected chi connectivity index (χ3v) is 5.93. The van der Waals surface area contributed by atoms with Gasteiger partial charge in [-0.2, -0.15) is 0 Å². The van der Waals surface area contributed by atoms with Crippen LogP contribution in [0.2, 0.25) is 0 Å². The number of aryl methyl sites for hydroxylation is 1. The van der Waals surface area contributed by atoms with Crippen molar-refractivity contribution in [2.24, 2.45) is 0 Å². The molecule has 0 atom stereocenters.